The molecule has 0 bridgehead atoms. The van der Waals surface area contributed by atoms with Gasteiger partial charge < -0.3 is 14.8 Å². The average Bonchev–Trinajstić information content (AvgIpc) is 2.71. The lowest BCUT2D eigenvalue weighted by Crippen LogP contribution is -2.22. The van der Waals surface area contributed by atoms with Crippen LogP contribution in [0.4, 0.5) is 0 Å². The Labute approximate surface area is 167 Å². The largest absolute Gasteiger partial charge is 0.493 e. The van der Waals surface area contributed by atoms with E-state index >= 15 is 0 Å². The van der Waals surface area contributed by atoms with E-state index < -0.39 is 0 Å². The Kier molecular flexibility index (Phi) is 6.49. The summed E-state index contributed by atoms with van der Waals surface area (Å²) in [7, 11) is 1.61. The summed E-state index contributed by atoms with van der Waals surface area (Å²) in [5.41, 5.74) is 2.63. The molecule has 0 aliphatic heterocycles. The van der Waals surface area contributed by atoms with Crippen LogP contribution in [0.15, 0.2) is 77.3 Å². The Morgan fingerprint density at radius 2 is 1.74 bits per heavy atom. The third-order valence-electron chi connectivity index (χ3n) is 4.01. The van der Waals surface area contributed by atoms with Crippen molar-refractivity contribution < 1.29 is 14.3 Å². The minimum atomic E-state index is -0.125. The van der Waals surface area contributed by atoms with Crippen LogP contribution in [0.1, 0.15) is 21.5 Å². The molecule has 0 aliphatic carbocycles. The van der Waals surface area contributed by atoms with Crippen LogP contribution in [0.3, 0.4) is 0 Å². The molecule has 1 amide bonds. The maximum absolute atomic E-state index is 12.3. The Morgan fingerprint density at radius 3 is 2.48 bits per heavy atom. The number of ether oxygens (including phenoxy) is 2. The SMILES string of the molecule is COc1cc(CNC(=O)c2cccc(Br)c2)ccc1OCc1ccccc1. The number of nitrogens with one attached hydrogen (secondary N) is 1. The van der Waals surface area contributed by atoms with Crippen molar-refractivity contribution in [1.82, 2.24) is 5.32 Å². The number of carbonyl (C=O) groups excluding carboxylic acids is 1. The molecule has 0 radical (unpaired) electrons. The second kappa shape index (κ2) is 9.24. The fraction of sp³-hybridized carbons (Fsp3) is 0.136. The van der Waals surface area contributed by atoms with Crippen LogP contribution < -0.4 is 14.8 Å². The van der Waals surface area contributed by atoms with Gasteiger partial charge in [0.15, 0.2) is 11.5 Å². The number of carbonyl (C=O) groups is 1. The summed E-state index contributed by atoms with van der Waals surface area (Å²) in [6.07, 6.45) is 0. The van der Waals surface area contributed by atoms with Gasteiger partial charge in [0.25, 0.3) is 5.91 Å². The molecule has 4 nitrogen and oxygen atoms in total. The van der Waals surface area contributed by atoms with Crippen molar-refractivity contribution in [2.75, 3.05) is 7.11 Å². The molecule has 0 spiro atoms. The van der Waals surface area contributed by atoms with Gasteiger partial charge in [0.05, 0.1) is 7.11 Å². The minimum absolute atomic E-state index is 0.125. The molecule has 0 atom stereocenters. The second-order valence-electron chi connectivity index (χ2n) is 5.95. The van der Waals surface area contributed by atoms with Gasteiger partial charge in [0.1, 0.15) is 6.61 Å². The van der Waals surface area contributed by atoms with Gasteiger partial charge in [-0.15, -0.1) is 0 Å². The summed E-state index contributed by atoms with van der Waals surface area (Å²) >= 11 is 3.37. The van der Waals surface area contributed by atoms with E-state index in [0.29, 0.717) is 30.2 Å². The van der Waals surface area contributed by atoms with Crippen molar-refractivity contribution in [3.63, 3.8) is 0 Å². The lowest BCUT2D eigenvalue weighted by Gasteiger charge is -2.13. The molecule has 5 heteroatoms. The van der Waals surface area contributed by atoms with Crippen molar-refractivity contribution >= 4 is 21.8 Å². The molecule has 27 heavy (non-hydrogen) atoms. The minimum Gasteiger partial charge on any atom is -0.493 e. The van der Waals surface area contributed by atoms with E-state index in [-0.39, 0.29) is 5.91 Å². The van der Waals surface area contributed by atoms with E-state index in [1.54, 1.807) is 19.2 Å². The van der Waals surface area contributed by atoms with E-state index in [9.17, 15) is 4.79 Å². The van der Waals surface area contributed by atoms with Crippen LogP contribution in [-0.4, -0.2) is 13.0 Å². The monoisotopic (exact) mass is 425 g/mol. The lowest BCUT2D eigenvalue weighted by atomic mass is 10.1. The fourth-order valence-corrected chi connectivity index (χ4v) is 2.99. The first kappa shape index (κ1) is 19.0. The maximum Gasteiger partial charge on any atom is 0.251 e. The number of halogens is 1. The topological polar surface area (TPSA) is 47.6 Å². The summed E-state index contributed by atoms with van der Waals surface area (Å²) in [5.74, 6) is 1.18. The van der Waals surface area contributed by atoms with Gasteiger partial charge >= 0.3 is 0 Å². The van der Waals surface area contributed by atoms with Crippen molar-refractivity contribution in [2.45, 2.75) is 13.2 Å². The summed E-state index contributed by atoms with van der Waals surface area (Å²) in [5, 5.41) is 2.91. The van der Waals surface area contributed by atoms with Crippen LogP contribution in [0, 0.1) is 0 Å². The van der Waals surface area contributed by atoms with E-state index in [0.717, 1.165) is 15.6 Å². The maximum atomic E-state index is 12.3. The predicted octanol–water partition coefficient (Wildman–Crippen LogP) is 4.97. The molecule has 1 N–H and O–H groups in total. The van der Waals surface area contributed by atoms with Crippen molar-refractivity contribution in [2.24, 2.45) is 0 Å². The highest BCUT2D eigenvalue weighted by molar-refractivity contribution is 9.10. The van der Waals surface area contributed by atoms with E-state index in [2.05, 4.69) is 21.2 Å². The first-order valence-electron chi connectivity index (χ1n) is 8.53. The van der Waals surface area contributed by atoms with E-state index in [1.165, 1.54) is 0 Å². The normalized spacial score (nSPS) is 10.3. The van der Waals surface area contributed by atoms with Gasteiger partial charge in [-0.2, -0.15) is 0 Å². The summed E-state index contributed by atoms with van der Waals surface area (Å²) in [6, 6.07) is 22.9. The fourth-order valence-electron chi connectivity index (χ4n) is 2.59. The highest BCUT2D eigenvalue weighted by atomic mass is 79.9. The first-order chi connectivity index (χ1) is 13.2. The number of rotatable bonds is 7. The van der Waals surface area contributed by atoms with Gasteiger partial charge in [-0.1, -0.05) is 58.4 Å². The number of amides is 1. The van der Waals surface area contributed by atoms with Crippen LogP contribution in [0.2, 0.25) is 0 Å². The van der Waals surface area contributed by atoms with Gasteiger partial charge in [0.2, 0.25) is 0 Å². The molecule has 3 aromatic carbocycles. The third kappa shape index (κ3) is 5.34. The third-order valence-corrected chi connectivity index (χ3v) is 4.50. The number of hydrogen-bond acceptors (Lipinski definition) is 3. The Bertz CT molecular complexity index is 912. The molecule has 0 aliphatic rings. The number of hydrogen-bond donors (Lipinski definition) is 1. The van der Waals surface area contributed by atoms with Gasteiger partial charge in [-0.05, 0) is 41.5 Å². The molecule has 0 unspecified atom stereocenters. The summed E-state index contributed by atoms with van der Waals surface area (Å²) in [6.45, 7) is 0.872. The molecular formula is C22H20BrNO3. The molecule has 0 fully saturated rings. The molecule has 3 rings (SSSR count). The van der Waals surface area contributed by atoms with Gasteiger partial charge in [-0.25, -0.2) is 0 Å². The van der Waals surface area contributed by atoms with E-state index in [1.807, 2.05) is 60.7 Å². The zero-order chi connectivity index (χ0) is 19.1. The molecule has 0 aromatic heterocycles. The Morgan fingerprint density at radius 1 is 0.926 bits per heavy atom. The number of benzene rings is 3. The molecule has 138 valence electrons. The van der Waals surface area contributed by atoms with Gasteiger partial charge in [0, 0.05) is 16.6 Å². The first-order valence-corrected chi connectivity index (χ1v) is 9.32. The number of methoxy groups -OCH3 is 1. The predicted molar refractivity (Wildman–Crippen MR) is 109 cm³/mol. The lowest BCUT2D eigenvalue weighted by molar-refractivity contribution is 0.0951. The summed E-state index contributed by atoms with van der Waals surface area (Å²) in [4.78, 5) is 12.3. The van der Waals surface area contributed by atoms with Crippen molar-refractivity contribution in [3.8, 4) is 11.5 Å². The summed E-state index contributed by atoms with van der Waals surface area (Å²) < 4.78 is 12.2. The van der Waals surface area contributed by atoms with Crippen molar-refractivity contribution in [3.05, 3.63) is 94.0 Å². The smallest absolute Gasteiger partial charge is 0.251 e. The molecular weight excluding hydrogens is 406 g/mol. The Hall–Kier alpha value is -2.79. The second-order valence-corrected chi connectivity index (χ2v) is 6.87. The van der Waals surface area contributed by atoms with Crippen molar-refractivity contribution in [1.29, 1.82) is 0 Å². The van der Waals surface area contributed by atoms with Crippen LogP contribution in [0.25, 0.3) is 0 Å². The standard InChI is InChI=1S/C22H20BrNO3/c1-26-21-12-17(14-24-22(25)18-8-5-9-19(23)13-18)10-11-20(21)27-15-16-6-3-2-4-7-16/h2-13H,14-15H2,1H3,(H,24,25). The highest BCUT2D eigenvalue weighted by Crippen LogP contribution is 2.29. The van der Waals surface area contributed by atoms with Gasteiger partial charge in [-0.3, -0.25) is 4.79 Å². The Balaban J connectivity index is 1.62. The van der Waals surface area contributed by atoms with Crippen LogP contribution in [-0.2, 0) is 13.2 Å². The molecule has 0 heterocycles. The molecule has 0 saturated carbocycles. The average molecular weight is 426 g/mol. The zero-order valence-corrected chi connectivity index (χ0v) is 16.5. The van der Waals surface area contributed by atoms with E-state index in [4.69, 9.17) is 9.47 Å². The van der Waals surface area contributed by atoms with Crippen LogP contribution >= 0.6 is 15.9 Å². The van der Waals surface area contributed by atoms with Crippen LogP contribution in [0.5, 0.6) is 11.5 Å². The quantitative estimate of drug-likeness (QED) is 0.581. The molecule has 3 aromatic rings. The molecule has 0 saturated heterocycles. The zero-order valence-electron chi connectivity index (χ0n) is 14.9. The highest BCUT2D eigenvalue weighted by Gasteiger charge is 2.09.